The Balaban J connectivity index is 2.20. The van der Waals surface area contributed by atoms with Crippen molar-refractivity contribution in [2.75, 3.05) is 6.54 Å². The molecule has 0 saturated carbocycles. The molecule has 3 nitrogen and oxygen atoms in total. The Morgan fingerprint density at radius 1 is 1.40 bits per heavy atom. The molecule has 20 heavy (non-hydrogen) atoms. The van der Waals surface area contributed by atoms with Gasteiger partial charge < -0.3 is 4.90 Å². The van der Waals surface area contributed by atoms with Crippen molar-refractivity contribution < 1.29 is 9.18 Å². The summed E-state index contributed by atoms with van der Waals surface area (Å²) in [6.07, 6.45) is 2.96. The van der Waals surface area contributed by atoms with Crippen molar-refractivity contribution in [3.8, 4) is 0 Å². The van der Waals surface area contributed by atoms with Crippen LogP contribution in [-0.4, -0.2) is 22.3 Å². The van der Waals surface area contributed by atoms with Crippen LogP contribution in [0.1, 0.15) is 22.8 Å². The summed E-state index contributed by atoms with van der Waals surface area (Å²) in [6, 6.07) is 7.79. The Morgan fingerprint density at radius 2 is 2.20 bits per heavy atom. The topological polar surface area (TPSA) is 33.2 Å². The van der Waals surface area contributed by atoms with Gasteiger partial charge in [0.25, 0.3) is 5.91 Å². The number of amides is 1. The minimum absolute atomic E-state index is 0.191. The first-order valence-corrected chi connectivity index (χ1v) is 6.63. The number of pyridine rings is 1. The average molecular weight is 293 g/mol. The van der Waals surface area contributed by atoms with E-state index >= 15 is 0 Å². The van der Waals surface area contributed by atoms with Crippen molar-refractivity contribution in [3.63, 3.8) is 0 Å². The van der Waals surface area contributed by atoms with E-state index in [0.29, 0.717) is 23.7 Å². The maximum atomic E-state index is 13.2. The molecule has 0 aliphatic carbocycles. The zero-order chi connectivity index (χ0) is 14.5. The first-order valence-electron chi connectivity index (χ1n) is 6.25. The summed E-state index contributed by atoms with van der Waals surface area (Å²) in [5, 5.41) is 0.315. The average Bonchev–Trinajstić information content (AvgIpc) is 2.44. The molecule has 1 aromatic heterocycles. The fourth-order valence-corrected chi connectivity index (χ4v) is 2.10. The highest BCUT2D eigenvalue weighted by Gasteiger charge is 2.17. The van der Waals surface area contributed by atoms with Gasteiger partial charge >= 0.3 is 0 Å². The largest absolute Gasteiger partial charge is 0.335 e. The van der Waals surface area contributed by atoms with Gasteiger partial charge in [-0.3, -0.25) is 9.78 Å². The van der Waals surface area contributed by atoms with Crippen LogP contribution in [0, 0.1) is 5.82 Å². The van der Waals surface area contributed by atoms with E-state index in [1.807, 2.05) is 6.92 Å². The smallest absolute Gasteiger partial charge is 0.255 e. The van der Waals surface area contributed by atoms with E-state index in [1.165, 1.54) is 24.5 Å². The second-order valence-corrected chi connectivity index (χ2v) is 4.71. The highest BCUT2D eigenvalue weighted by Crippen LogP contribution is 2.17. The molecule has 104 valence electrons. The number of carbonyl (C=O) groups is 1. The lowest BCUT2D eigenvalue weighted by molar-refractivity contribution is 0.0752. The van der Waals surface area contributed by atoms with Gasteiger partial charge in [-0.2, -0.15) is 0 Å². The first-order chi connectivity index (χ1) is 9.61. The zero-order valence-corrected chi connectivity index (χ0v) is 11.8. The summed E-state index contributed by atoms with van der Waals surface area (Å²) < 4.78 is 13.2. The lowest BCUT2D eigenvalue weighted by atomic mass is 10.1. The molecule has 0 spiro atoms. The molecule has 0 fully saturated rings. The number of benzene rings is 1. The summed E-state index contributed by atoms with van der Waals surface area (Å²) in [6.45, 7) is 2.71. The molecule has 0 bridgehead atoms. The molecule has 0 N–H and O–H groups in total. The number of hydrogen-bond donors (Lipinski definition) is 0. The lowest BCUT2D eigenvalue weighted by Gasteiger charge is -2.21. The van der Waals surface area contributed by atoms with E-state index in [-0.39, 0.29) is 11.7 Å². The second kappa shape index (κ2) is 6.48. The third kappa shape index (κ3) is 3.33. The van der Waals surface area contributed by atoms with Crippen LogP contribution >= 0.6 is 11.6 Å². The van der Waals surface area contributed by atoms with Crippen molar-refractivity contribution >= 4 is 17.5 Å². The molecule has 5 heteroatoms. The maximum absolute atomic E-state index is 13.2. The van der Waals surface area contributed by atoms with Gasteiger partial charge in [-0.15, -0.1) is 0 Å². The summed E-state index contributed by atoms with van der Waals surface area (Å²) >= 11 is 5.98. The Kier molecular flexibility index (Phi) is 4.69. The van der Waals surface area contributed by atoms with Crippen molar-refractivity contribution in [1.82, 2.24) is 9.88 Å². The number of carbonyl (C=O) groups excluding carboxylic acids is 1. The highest BCUT2D eigenvalue weighted by atomic mass is 35.5. The van der Waals surface area contributed by atoms with E-state index in [4.69, 9.17) is 11.6 Å². The Morgan fingerprint density at radius 3 is 2.85 bits per heavy atom. The number of hydrogen-bond acceptors (Lipinski definition) is 2. The predicted octanol–water partition coefficient (Wildman–Crippen LogP) is 3.54. The molecule has 0 unspecified atom stereocenters. The summed E-state index contributed by atoms with van der Waals surface area (Å²) in [7, 11) is 0. The Labute approximate surface area is 122 Å². The zero-order valence-electron chi connectivity index (χ0n) is 11.0. The van der Waals surface area contributed by atoms with Crippen molar-refractivity contribution in [2.24, 2.45) is 0 Å². The van der Waals surface area contributed by atoms with Crippen molar-refractivity contribution in [1.29, 1.82) is 0 Å². The van der Waals surface area contributed by atoms with Gasteiger partial charge in [-0.1, -0.05) is 23.7 Å². The van der Waals surface area contributed by atoms with Gasteiger partial charge in [-0.25, -0.2) is 4.39 Å². The minimum atomic E-state index is -0.312. The normalized spacial score (nSPS) is 10.3. The molecule has 0 aliphatic heterocycles. The summed E-state index contributed by atoms with van der Waals surface area (Å²) in [5.74, 6) is -0.503. The van der Waals surface area contributed by atoms with Gasteiger partial charge in [0.1, 0.15) is 5.82 Å². The fourth-order valence-electron chi connectivity index (χ4n) is 1.90. The van der Waals surface area contributed by atoms with Crippen LogP contribution in [0.5, 0.6) is 0 Å². The molecular weight excluding hydrogens is 279 g/mol. The molecule has 2 aromatic rings. The molecule has 0 radical (unpaired) electrons. The van der Waals surface area contributed by atoms with Crippen molar-refractivity contribution in [2.45, 2.75) is 13.5 Å². The van der Waals surface area contributed by atoms with Crippen LogP contribution in [0.3, 0.4) is 0 Å². The van der Waals surface area contributed by atoms with Crippen LogP contribution in [0.2, 0.25) is 5.02 Å². The van der Waals surface area contributed by atoms with E-state index < -0.39 is 0 Å². The lowest BCUT2D eigenvalue weighted by Crippen LogP contribution is -2.30. The third-order valence-corrected chi connectivity index (χ3v) is 3.24. The highest BCUT2D eigenvalue weighted by molar-refractivity contribution is 6.33. The molecule has 0 atom stereocenters. The van der Waals surface area contributed by atoms with Gasteiger partial charge in [0, 0.05) is 25.5 Å². The van der Waals surface area contributed by atoms with Gasteiger partial charge in [-0.05, 0) is 30.7 Å². The number of aromatic nitrogens is 1. The summed E-state index contributed by atoms with van der Waals surface area (Å²) in [4.78, 5) is 17.9. The van der Waals surface area contributed by atoms with Gasteiger partial charge in [0.05, 0.1) is 10.6 Å². The molecule has 2 rings (SSSR count). The molecule has 0 saturated heterocycles. The standard InChI is InChI=1S/C15H14ClFN2O/c1-2-19(10-11-4-3-5-12(17)8-11)15(20)13-6-7-18-9-14(13)16/h3-9H,2,10H2,1H3. The fraction of sp³-hybridized carbons (Fsp3) is 0.200. The van der Waals surface area contributed by atoms with Gasteiger partial charge in [0.15, 0.2) is 0 Å². The first kappa shape index (κ1) is 14.5. The molecule has 1 aromatic carbocycles. The monoisotopic (exact) mass is 292 g/mol. The number of halogens is 2. The predicted molar refractivity (Wildman–Crippen MR) is 76.1 cm³/mol. The van der Waals surface area contributed by atoms with E-state index in [9.17, 15) is 9.18 Å². The van der Waals surface area contributed by atoms with Crippen LogP contribution in [0.25, 0.3) is 0 Å². The van der Waals surface area contributed by atoms with Gasteiger partial charge in [0.2, 0.25) is 0 Å². The Bertz CT molecular complexity index is 618. The van der Waals surface area contributed by atoms with E-state index in [1.54, 1.807) is 23.1 Å². The van der Waals surface area contributed by atoms with Crippen LogP contribution in [0.15, 0.2) is 42.7 Å². The van der Waals surface area contributed by atoms with E-state index in [0.717, 1.165) is 5.56 Å². The second-order valence-electron chi connectivity index (χ2n) is 4.30. The summed E-state index contributed by atoms with van der Waals surface area (Å²) in [5.41, 5.74) is 1.14. The van der Waals surface area contributed by atoms with Crippen molar-refractivity contribution in [3.05, 3.63) is 64.7 Å². The SMILES string of the molecule is CCN(Cc1cccc(F)c1)C(=O)c1ccncc1Cl. The number of nitrogens with zero attached hydrogens (tertiary/aromatic N) is 2. The molecule has 1 amide bonds. The minimum Gasteiger partial charge on any atom is -0.335 e. The van der Waals surface area contributed by atoms with Crippen LogP contribution < -0.4 is 0 Å². The maximum Gasteiger partial charge on any atom is 0.255 e. The Hall–Kier alpha value is -1.94. The third-order valence-electron chi connectivity index (χ3n) is 2.93. The molecular formula is C15H14ClFN2O. The van der Waals surface area contributed by atoms with Crippen LogP contribution in [0.4, 0.5) is 4.39 Å². The molecule has 1 heterocycles. The number of rotatable bonds is 4. The van der Waals surface area contributed by atoms with Crippen LogP contribution in [-0.2, 0) is 6.54 Å². The molecule has 0 aliphatic rings. The quantitative estimate of drug-likeness (QED) is 0.863. The van der Waals surface area contributed by atoms with E-state index in [2.05, 4.69) is 4.98 Å².